The second kappa shape index (κ2) is 5.50. The van der Waals surface area contributed by atoms with Crippen LogP contribution in [0.3, 0.4) is 0 Å². The van der Waals surface area contributed by atoms with E-state index in [9.17, 15) is 0 Å². The van der Waals surface area contributed by atoms with Crippen LogP contribution in [0.25, 0.3) is 0 Å². The molecule has 0 amide bonds. The fourth-order valence-corrected chi connectivity index (χ4v) is 3.20. The molecule has 0 spiro atoms. The van der Waals surface area contributed by atoms with Crippen molar-refractivity contribution in [2.75, 3.05) is 13.7 Å². The topological polar surface area (TPSA) is 21.3 Å². The smallest absolute Gasteiger partial charge is 0.0572 e. The van der Waals surface area contributed by atoms with Gasteiger partial charge in [-0.15, -0.1) is 0 Å². The van der Waals surface area contributed by atoms with Gasteiger partial charge in [0.25, 0.3) is 0 Å². The molecule has 0 atom stereocenters. The van der Waals surface area contributed by atoms with Gasteiger partial charge in [-0.05, 0) is 50.4 Å². The summed E-state index contributed by atoms with van der Waals surface area (Å²) in [5.74, 6) is 0. The van der Waals surface area contributed by atoms with Gasteiger partial charge in [0, 0.05) is 19.7 Å². The average Bonchev–Trinajstić information content (AvgIpc) is 2.29. The molecule has 2 fully saturated rings. The maximum atomic E-state index is 5.41. The van der Waals surface area contributed by atoms with Crippen molar-refractivity contribution in [3.8, 4) is 0 Å². The summed E-state index contributed by atoms with van der Waals surface area (Å²) in [7, 11) is 1.85. The number of methoxy groups -OCH3 is 1. The van der Waals surface area contributed by atoms with Crippen LogP contribution in [0.15, 0.2) is 0 Å². The van der Waals surface area contributed by atoms with Crippen molar-refractivity contribution < 1.29 is 4.74 Å². The Morgan fingerprint density at radius 2 is 1.88 bits per heavy atom. The first kappa shape index (κ1) is 12.4. The van der Waals surface area contributed by atoms with Gasteiger partial charge in [0.15, 0.2) is 0 Å². The Kier molecular flexibility index (Phi) is 4.26. The number of rotatable bonds is 5. The maximum Gasteiger partial charge on any atom is 0.0572 e. The Balaban J connectivity index is 1.67. The first-order valence-electron chi connectivity index (χ1n) is 7.04. The van der Waals surface area contributed by atoms with Crippen LogP contribution in [0.2, 0.25) is 0 Å². The van der Waals surface area contributed by atoms with Gasteiger partial charge in [-0.3, -0.25) is 0 Å². The Bertz CT molecular complexity index is 199. The zero-order valence-electron chi connectivity index (χ0n) is 10.9. The molecule has 0 aliphatic heterocycles. The molecular weight excluding hydrogens is 198 g/mol. The van der Waals surface area contributed by atoms with E-state index in [1.807, 2.05) is 7.11 Å². The summed E-state index contributed by atoms with van der Waals surface area (Å²) < 4.78 is 5.41. The summed E-state index contributed by atoms with van der Waals surface area (Å²) in [6, 6.07) is 0.760. The van der Waals surface area contributed by atoms with Crippen LogP contribution in [-0.2, 0) is 4.74 Å². The van der Waals surface area contributed by atoms with Crippen LogP contribution in [0.1, 0.15) is 58.3 Å². The summed E-state index contributed by atoms with van der Waals surface area (Å²) in [5.41, 5.74) is 0.665. The minimum Gasteiger partial charge on any atom is -0.381 e. The average molecular weight is 225 g/mol. The summed E-state index contributed by atoms with van der Waals surface area (Å²) in [5, 5.41) is 3.80. The molecule has 0 aromatic rings. The Morgan fingerprint density at radius 3 is 2.31 bits per heavy atom. The molecule has 1 N–H and O–H groups in total. The van der Waals surface area contributed by atoms with Crippen molar-refractivity contribution >= 4 is 0 Å². The Hall–Kier alpha value is -0.0800. The van der Waals surface area contributed by atoms with E-state index in [2.05, 4.69) is 12.2 Å². The molecule has 0 bridgehead atoms. The first-order chi connectivity index (χ1) is 7.78. The number of ether oxygens (including phenoxy) is 1. The van der Waals surface area contributed by atoms with Crippen LogP contribution in [-0.4, -0.2) is 25.8 Å². The van der Waals surface area contributed by atoms with E-state index in [1.165, 1.54) is 57.9 Å². The van der Waals surface area contributed by atoms with Crippen LogP contribution < -0.4 is 5.32 Å². The number of hydrogen-bond acceptors (Lipinski definition) is 2. The molecule has 2 saturated carbocycles. The second-order valence-corrected chi connectivity index (χ2v) is 5.80. The van der Waals surface area contributed by atoms with E-state index < -0.39 is 0 Å². The zero-order chi connectivity index (χ0) is 11.4. The molecule has 0 unspecified atom stereocenters. The minimum absolute atomic E-state index is 0.530. The summed E-state index contributed by atoms with van der Waals surface area (Å²) in [6.07, 6.45) is 11.3. The van der Waals surface area contributed by atoms with E-state index >= 15 is 0 Å². The molecule has 94 valence electrons. The van der Waals surface area contributed by atoms with E-state index in [1.54, 1.807) is 0 Å². The molecule has 0 aromatic heterocycles. The quantitative estimate of drug-likeness (QED) is 0.776. The lowest BCUT2D eigenvalue weighted by atomic mass is 9.67. The molecule has 2 aliphatic carbocycles. The third-order valence-electron chi connectivity index (χ3n) is 4.94. The van der Waals surface area contributed by atoms with Crippen LogP contribution >= 0.6 is 0 Å². The van der Waals surface area contributed by atoms with Crippen molar-refractivity contribution in [1.82, 2.24) is 5.32 Å². The highest BCUT2D eigenvalue weighted by Gasteiger charge is 2.35. The van der Waals surface area contributed by atoms with E-state index in [-0.39, 0.29) is 0 Å². The molecule has 0 aromatic carbocycles. The minimum atomic E-state index is 0.530. The van der Waals surface area contributed by atoms with Crippen LogP contribution in [0.5, 0.6) is 0 Å². The monoisotopic (exact) mass is 225 g/mol. The third-order valence-corrected chi connectivity index (χ3v) is 4.94. The highest BCUT2D eigenvalue weighted by Crippen LogP contribution is 2.43. The lowest BCUT2D eigenvalue weighted by molar-refractivity contribution is 0.0565. The largest absolute Gasteiger partial charge is 0.381 e. The third kappa shape index (κ3) is 2.78. The highest BCUT2D eigenvalue weighted by atomic mass is 16.5. The lowest BCUT2D eigenvalue weighted by Crippen LogP contribution is -2.44. The van der Waals surface area contributed by atoms with Gasteiger partial charge < -0.3 is 10.1 Å². The van der Waals surface area contributed by atoms with Crippen LogP contribution in [0, 0.1) is 5.41 Å². The molecule has 2 nitrogen and oxygen atoms in total. The first-order valence-corrected chi connectivity index (χ1v) is 7.04. The van der Waals surface area contributed by atoms with Crippen molar-refractivity contribution in [3.63, 3.8) is 0 Å². The summed E-state index contributed by atoms with van der Waals surface area (Å²) in [4.78, 5) is 0. The second-order valence-electron chi connectivity index (χ2n) is 5.80. The fourth-order valence-electron chi connectivity index (χ4n) is 3.20. The van der Waals surface area contributed by atoms with Gasteiger partial charge in [0.1, 0.15) is 0 Å². The Labute approximate surface area is 100 Å². The van der Waals surface area contributed by atoms with Gasteiger partial charge in [0.05, 0.1) is 6.10 Å². The van der Waals surface area contributed by atoms with E-state index in [4.69, 9.17) is 4.74 Å². The Morgan fingerprint density at radius 1 is 1.19 bits per heavy atom. The number of hydrogen-bond donors (Lipinski definition) is 1. The molecule has 16 heavy (non-hydrogen) atoms. The van der Waals surface area contributed by atoms with Gasteiger partial charge in [-0.1, -0.05) is 13.3 Å². The van der Waals surface area contributed by atoms with Gasteiger partial charge >= 0.3 is 0 Å². The van der Waals surface area contributed by atoms with Crippen molar-refractivity contribution in [2.45, 2.75) is 70.4 Å². The summed E-state index contributed by atoms with van der Waals surface area (Å²) >= 11 is 0. The van der Waals surface area contributed by atoms with Crippen molar-refractivity contribution in [2.24, 2.45) is 5.41 Å². The maximum absolute atomic E-state index is 5.41. The van der Waals surface area contributed by atoms with Crippen LogP contribution in [0.4, 0.5) is 0 Å². The standard InChI is InChI=1S/C14H27NO/c1-3-14(9-4-10-14)11-15-12-5-7-13(16-2)8-6-12/h12-13,15H,3-11H2,1-2H3. The zero-order valence-corrected chi connectivity index (χ0v) is 10.9. The fraction of sp³-hybridized carbons (Fsp3) is 1.00. The van der Waals surface area contributed by atoms with E-state index in [0.29, 0.717) is 11.5 Å². The molecule has 0 saturated heterocycles. The molecule has 0 radical (unpaired) electrons. The van der Waals surface area contributed by atoms with E-state index in [0.717, 1.165) is 6.04 Å². The molecule has 0 heterocycles. The van der Waals surface area contributed by atoms with Gasteiger partial charge in [-0.25, -0.2) is 0 Å². The lowest BCUT2D eigenvalue weighted by Gasteiger charge is -2.43. The molecular formula is C14H27NO. The predicted molar refractivity (Wildman–Crippen MR) is 67.6 cm³/mol. The van der Waals surface area contributed by atoms with Crippen molar-refractivity contribution in [3.05, 3.63) is 0 Å². The van der Waals surface area contributed by atoms with Gasteiger partial charge in [0.2, 0.25) is 0 Å². The normalized spacial score (nSPS) is 33.4. The summed E-state index contributed by atoms with van der Waals surface area (Å²) in [6.45, 7) is 3.61. The molecule has 2 rings (SSSR count). The SMILES string of the molecule is CCC1(CNC2CCC(OC)CC2)CCC1. The molecule has 2 heteroatoms. The predicted octanol–water partition coefficient (Wildman–Crippen LogP) is 3.11. The molecule has 2 aliphatic rings. The van der Waals surface area contributed by atoms with Crippen molar-refractivity contribution in [1.29, 1.82) is 0 Å². The van der Waals surface area contributed by atoms with Gasteiger partial charge in [-0.2, -0.15) is 0 Å². The highest BCUT2D eigenvalue weighted by molar-refractivity contribution is 4.90. The number of nitrogens with one attached hydrogen (secondary N) is 1.